The van der Waals surface area contributed by atoms with Gasteiger partial charge in [-0.15, -0.1) is 0 Å². The third-order valence-corrected chi connectivity index (χ3v) is 5.68. The highest BCUT2D eigenvalue weighted by molar-refractivity contribution is 5.94. The molecule has 1 N–H and O–H groups in total. The van der Waals surface area contributed by atoms with Gasteiger partial charge in [0.2, 0.25) is 0 Å². The monoisotopic (exact) mass is 440 g/mol. The zero-order chi connectivity index (χ0) is 22.8. The summed E-state index contributed by atoms with van der Waals surface area (Å²) in [5, 5.41) is 4.09. The molecule has 3 aromatic carbocycles. The zero-order valence-corrected chi connectivity index (χ0v) is 18.5. The SMILES string of the molecule is COc1ccccc1OCC(=O)Nc1ccc2c(c1)nc(Cn1ccc3ccccc31)n2C. The van der Waals surface area contributed by atoms with Crippen molar-refractivity contribution in [2.75, 3.05) is 19.0 Å². The van der Waals surface area contributed by atoms with Crippen molar-refractivity contribution >= 4 is 33.5 Å². The van der Waals surface area contributed by atoms with Crippen LogP contribution in [0.2, 0.25) is 0 Å². The molecule has 0 saturated carbocycles. The number of nitrogens with one attached hydrogen (secondary N) is 1. The molecule has 0 aliphatic rings. The lowest BCUT2D eigenvalue weighted by atomic mass is 10.2. The summed E-state index contributed by atoms with van der Waals surface area (Å²) in [5.41, 5.74) is 3.68. The number of hydrogen-bond donors (Lipinski definition) is 1. The third kappa shape index (κ3) is 4.13. The summed E-state index contributed by atoms with van der Waals surface area (Å²) in [7, 11) is 3.58. The Morgan fingerprint density at radius 2 is 1.76 bits per heavy atom. The minimum Gasteiger partial charge on any atom is -0.493 e. The number of aryl methyl sites for hydroxylation is 1. The first-order chi connectivity index (χ1) is 16.1. The van der Waals surface area contributed by atoms with Crippen LogP contribution in [-0.4, -0.2) is 33.7 Å². The van der Waals surface area contributed by atoms with Gasteiger partial charge in [0.1, 0.15) is 5.82 Å². The molecule has 33 heavy (non-hydrogen) atoms. The van der Waals surface area contributed by atoms with Crippen molar-refractivity contribution in [3.63, 3.8) is 0 Å². The van der Waals surface area contributed by atoms with Crippen molar-refractivity contribution in [1.82, 2.24) is 14.1 Å². The van der Waals surface area contributed by atoms with Crippen LogP contribution in [0, 0.1) is 0 Å². The van der Waals surface area contributed by atoms with E-state index in [1.165, 1.54) is 10.9 Å². The van der Waals surface area contributed by atoms with Gasteiger partial charge in [-0.25, -0.2) is 4.98 Å². The van der Waals surface area contributed by atoms with Crippen molar-refractivity contribution in [3.05, 3.63) is 84.8 Å². The number of nitrogens with zero attached hydrogens (tertiary/aromatic N) is 3. The molecule has 5 rings (SSSR count). The highest BCUT2D eigenvalue weighted by Crippen LogP contribution is 2.26. The molecule has 0 spiro atoms. The number of amides is 1. The van der Waals surface area contributed by atoms with E-state index in [0.717, 1.165) is 16.9 Å². The van der Waals surface area contributed by atoms with Gasteiger partial charge in [-0.2, -0.15) is 0 Å². The normalized spacial score (nSPS) is 11.1. The number of rotatable bonds is 7. The van der Waals surface area contributed by atoms with Crippen molar-refractivity contribution < 1.29 is 14.3 Å². The molecule has 7 nitrogen and oxygen atoms in total. The maximum atomic E-state index is 12.4. The number of ether oxygens (including phenoxy) is 2. The number of aromatic nitrogens is 3. The van der Waals surface area contributed by atoms with Gasteiger partial charge in [-0.05, 0) is 47.9 Å². The third-order valence-electron chi connectivity index (χ3n) is 5.68. The minimum atomic E-state index is -0.254. The predicted molar refractivity (Wildman–Crippen MR) is 129 cm³/mol. The lowest BCUT2D eigenvalue weighted by Gasteiger charge is -2.10. The molecule has 0 aliphatic carbocycles. The lowest BCUT2D eigenvalue weighted by molar-refractivity contribution is -0.118. The van der Waals surface area contributed by atoms with Crippen LogP contribution < -0.4 is 14.8 Å². The van der Waals surface area contributed by atoms with Crippen molar-refractivity contribution in [2.45, 2.75) is 6.54 Å². The summed E-state index contributed by atoms with van der Waals surface area (Å²) >= 11 is 0. The second-order valence-electron chi connectivity index (χ2n) is 7.78. The highest BCUT2D eigenvalue weighted by Gasteiger charge is 2.12. The van der Waals surface area contributed by atoms with E-state index in [9.17, 15) is 4.79 Å². The van der Waals surface area contributed by atoms with Gasteiger partial charge in [0.25, 0.3) is 5.91 Å². The van der Waals surface area contributed by atoms with Gasteiger partial charge >= 0.3 is 0 Å². The summed E-state index contributed by atoms with van der Waals surface area (Å²) < 4.78 is 15.1. The molecule has 0 saturated heterocycles. The number of para-hydroxylation sites is 3. The van der Waals surface area contributed by atoms with Crippen molar-refractivity contribution in [2.24, 2.45) is 7.05 Å². The summed E-state index contributed by atoms with van der Waals surface area (Å²) in [4.78, 5) is 17.2. The molecule has 0 unspecified atom stereocenters. The summed E-state index contributed by atoms with van der Waals surface area (Å²) in [6.07, 6.45) is 2.08. The van der Waals surface area contributed by atoms with E-state index >= 15 is 0 Å². The van der Waals surface area contributed by atoms with Crippen molar-refractivity contribution in [1.29, 1.82) is 0 Å². The first kappa shape index (κ1) is 20.6. The van der Waals surface area contributed by atoms with Gasteiger partial charge in [0.15, 0.2) is 18.1 Å². The van der Waals surface area contributed by atoms with E-state index in [0.29, 0.717) is 23.7 Å². The summed E-state index contributed by atoms with van der Waals surface area (Å²) in [6.45, 7) is 0.541. The average Bonchev–Trinajstić information content (AvgIpc) is 3.38. The van der Waals surface area contributed by atoms with E-state index in [1.807, 2.05) is 49.5 Å². The van der Waals surface area contributed by atoms with Crippen molar-refractivity contribution in [3.8, 4) is 11.5 Å². The fourth-order valence-corrected chi connectivity index (χ4v) is 3.98. The Balaban J connectivity index is 1.31. The Labute approximate surface area is 191 Å². The van der Waals surface area contributed by atoms with Crippen LogP contribution in [0.15, 0.2) is 79.0 Å². The molecule has 0 aliphatic heterocycles. The van der Waals surface area contributed by atoms with Gasteiger partial charge in [0, 0.05) is 24.4 Å². The van der Waals surface area contributed by atoms with Crippen LogP contribution in [0.1, 0.15) is 5.82 Å². The molecule has 166 valence electrons. The van der Waals surface area contributed by atoms with Gasteiger partial charge in [-0.1, -0.05) is 30.3 Å². The molecule has 0 atom stereocenters. The Morgan fingerprint density at radius 1 is 0.970 bits per heavy atom. The Kier molecular flexibility index (Phi) is 5.44. The molecule has 7 heteroatoms. The van der Waals surface area contributed by atoms with Crippen LogP contribution >= 0.6 is 0 Å². The van der Waals surface area contributed by atoms with Gasteiger partial charge in [0.05, 0.1) is 24.7 Å². The number of hydrogen-bond acceptors (Lipinski definition) is 4. The fourth-order valence-electron chi connectivity index (χ4n) is 3.98. The van der Waals surface area contributed by atoms with E-state index in [2.05, 4.69) is 38.8 Å². The molecule has 0 radical (unpaired) electrons. The molecular weight excluding hydrogens is 416 g/mol. The number of imidazole rings is 1. The number of fused-ring (bicyclic) bond motifs is 2. The lowest BCUT2D eigenvalue weighted by Crippen LogP contribution is -2.20. The highest BCUT2D eigenvalue weighted by atomic mass is 16.5. The fraction of sp³-hybridized carbons (Fsp3) is 0.154. The largest absolute Gasteiger partial charge is 0.493 e. The second-order valence-corrected chi connectivity index (χ2v) is 7.78. The first-order valence-corrected chi connectivity index (χ1v) is 10.7. The van der Waals surface area contributed by atoms with E-state index in [1.54, 1.807) is 19.2 Å². The molecule has 5 aromatic rings. The van der Waals surface area contributed by atoms with E-state index in [4.69, 9.17) is 14.5 Å². The summed E-state index contributed by atoms with van der Waals surface area (Å²) in [5.74, 6) is 1.80. The predicted octanol–water partition coefficient (Wildman–Crippen LogP) is 4.60. The maximum Gasteiger partial charge on any atom is 0.262 e. The number of carbonyl (C=O) groups is 1. The van der Waals surface area contributed by atoms with Crippen LogP contribution in [0.25, 0.3) is 21.9 Å². The first-order valence-electron chi connectivity index (χ1n) is 10.7. The number of methoxy groups -OCH3 is 1. The van der Waals surface area contributed by atoms with Crippen LogP contribution in [-0.2, 0) is 18.4 Å². The van der Waals surface area contributed by atoms with E-state index in [-0.39, 0.29) is 12.5 Å². The zero-order valence-electron chi connectivity index (χ0n) is 18.5. The Bertz CT molecular complexity index is 1450. The summed E-state index contributed by atoms with van der Waals surface area (Å²) in [6, 6.07) is 23.4. The minimum absolute atomic E-state index is 0.118. The molecule has 0 bridgehead atoms. The van der Waals surface area contributed by atoms with Crippen LogP contribution in [0.4, 0.5) is 5.69 Å². The Morgan fingerprint density at radius 3 is 2.61 bits per heavy atom. The smallest absolute Gasteiger partial charge is 0.262 e. The number of anilines is 1. The quantitative estimate of drug-likeness (QED) is 0.402. The molecule has 2 aromatic heterocycles. The molecule has 2 heterocycles. The number of benzene rings is 3. The van der Waals surface area contributed by atoms with Crippen LogP contribution in [0.5, 0.6) is 11.5 Å². The second kappa shape index (κ2) is 8.70. The molecule has 1 amide bonds. The van der Waals surface area contributed by atoms with E-state index < -0.39 is 0 Å². The van der Waals surface area contributed by atoms with Gasteiger partial charge < -0.3 is 23.9 Å². The van der Waals surface area contributed by atoms with Gasteiger partial charge in [-0.3, -0.25) is 4.79 Å². The average molecular weight is 441 g/mol. The Hall–Kier alpha value is -4.26. The number of carbonyl (C=O) groups excluding carboxylic acids is 1. The van der Waals surface area contributed by atoms with Crippen LogP contribution in [0.3, 0.4) is 0 Å². The molecular formula is C26H24N4O3. The topological polar surface area (TPSA) is 70.3 Å². The standard InChI is InChI=1S/C26H24N4O3/c1-29-22-12-11-19(27-26(31)17-33-24-10-6-5-9-23(24)32-2)15-20(22)28-25(29)16-30-14-13-18-7-3-4-8-21(18)30/h3-15H,16-17H2,1-2H3,(H,27,31). The maximum absolute atomic E-state index is 12.4. The molecule has 0 fully saturated rings.